The minimum absolute atomic E-state index is 0.0379. The maximum atomic E-state index is 12.1. The molecule has 21 heavy (non-hydrogen) atoms. The average molecular weight is 310 g/mol. The summed E-state index contributed by atoms with van der Waals surface area (Å²) in [6.07, 6.45) is 2.04. The molecule has 0 bridgehead atoms. The topological polar surface area (TPSA) is 86.7 Å². The van der Waals surface area contributed by atoms with Crippen LogP contribution < -0.4 is 5.32 Å². The maximum absolute atomic E-state index is 12.1. The van der Waals surface area contributed by atoms with Crippen LogP contribution in [-0.2, 0) is 9.59 Å². The maximum Gasteiger partial charge on any atom is 0.305 e. The fourth-order valence-electron chi connectivity index (χ4n) is 2.03. The molecule has 0 radical (unpaired) electrons. The Morgan fingerprint density at radius 2 is 2.10 bits per heavy atom. The van der Waals surface area contributed by atoms with E-state index < -0.39 is 5.97 Å². The zero-order valence-corrected chi connectivity index (χ0v) is 12.4. The second-order valence-electron chi connectivity index (χ2n) is 4.95. The van der Waals surface area contributed by atoms with Crippen LogP contribution >= 0.6 is 11.3 Å². The van der Waals surface area contributed by atoms with Crippen LogP contribution in [0.5, 0.6) is 0 Å². The van der Waals surface area contributed by atoms with Gasteiger partial charge in [0.2, 0.25) is 5.91 Å². The second kappa shape index (κ2) is 7.21. The third kappa shape index (κ3) is 4.86. The molecule has 1 aliphatic rings. The van der Waals surface area contributed by atoms with Gasteiger partial charge in [0.25, 0.3) is 5.91 Å². The molecule has 1 heterocycles. The number of carboxylic acids is 1. The van der Waals surface area contributed by atoms with Crippen molar-refractivity contribution in [3.8, 4) is 0 Å². The number of amides is 2. The van der Waals surface area contributed by atoms with E-state index in [0.29, 0.717) is 4.88 Å². The summed E-state index contributed by atoms with van der Waals surface area (Å²) in [6.45, 7) is 0.517. The molecule has 0 aliphatic heterocycles. The molecule has 1 aromatic heterocycles. The Balaban J connectivity index is 1.74. The number of carbonyl (C=O) groups is 3. The monoisotopic (exact) mass is 310 g/mol. The van der Waals surface area contributed by atoms with Crippen molar-refractivity contribution in [3.63, 3.8) is 0 Å². The summed E-state index contributed by atoms with van der Waals surface area (Å²) < 4.78 is 0. The van der Waals surface area contributed by atoms with Crippen molar-refractivity contribution in [1.82, 2.24) is 10.2 Å². The van der Waals surface area contributed by atoms with Gasteiger partial charge < -0.3 is 15.3 Å². The highest BCUT2D eigenvalue weighted by Gasteiger charge is 2.32. The zero-order chi connectivity index (χ0) is 15.2. The summed E-state index contributed by atoms with van der Waals surface area (Å²) in [4.78, 5) is 36.7. The number of rotatable bonds is 8. The van der Waals surface area contributed by atoms with E-state index in [9.17, 15) is 14.4 Å². The number of hydrogen-bond acceptors (Lipinski definition) is 4. The highest BCUT2D eigenvalue weighted by Crippen LogP contribution is 2.27. The molecule has 2 rings (SSSR count). The van der Waals surface area contributed by atoms with E-state index >= 15 is 0 Å². The minimum atomic E-state index is -0.903. The zero-order valence-electron chi connectivity index (χ0n) is 11.6. The van der Waals surface area contributed by atoms with E-state index in [-0.39, 0.29) is 43.8 Å². The van der Waals surface area contributed by atoms with Crippen molar-refractivity contribution in [2.24, 2.45) is 0 Å². The van der Waals surface area contributed by atoms with Crippen molar-refractivity contribution in [2.75, 3.05) is 13.1 Å². The standard InChI is InChI=1S/C14H18N2O4S/c17-12(16(10-3-4-10)8-6-13(18)19)5-7-15-14(20)11-2-1-9-21-11/h1-2,9-10H,3-8H2,(H,15,20)(H,18,19). The number of aliphatic carboxylic acids is 1. The van der Waals surface area contributed by atoms with E-state index in [1.165, 1.54) is 11.3 Å². The predicted octanol–water partition coefficient (Wildman–Crippen LogP) is 1.33. The van der Waals surface area contributed by atoms with Gasteiger partial charge in [0.05, 0.1) is 11.3 Å². The molecule has 0 spiro atoms. The molecular weight excluding hydrogens is 292 g/mol. The first-order chi connectivity index (χ1) is 10.1. The quantitative estimate of drug-likeness (QED) is 0.758. The summed E-state index contributed by atoms with van der Waals surface area (Å²) in [6, 6.07) is 3.71. The van der Waals surface area contributed by atoms with Crippen molar-refractivity contribution in [3.05, 3.63) is 22.4 Å². The second-order valence-corrected chi connectivity index (χ2v) is 5.89. The molecule has 2 N–H and O–H groups in total. The normalized spacial score (nSPS) is 13.7. The number of nitrogens with one attached hydrogen (secondary N) is 1. The molecule has 1 saturated carbocycles. The predicted molar refractivity (Wildman–Crippen MR) is 78.3 cm³/mol. The molecule has 0 saturated heterocycles. The highest BCUT2D eigenvalue weighted by molar-refractivity contribution is 7.12. The fourth-order valence-corrected chi connectivity index (χ4v) is 2.67. The van der Waals surface area contributed by atoms with Crippen LogP contribution in [0.15, 0.2) is 17.5 Å². The van der Waals surface area contributed by atoms with Gasteiger partial charge in [0, 0.05) is 25.6 Å². The van der Waals surface area contributed by atoms with Crippen molar-refractivity contribution >= 4 is 29.1 Å². The van der Waals surface area contributed by atoms with Gasteiger partial charge in [-0.25, -0.2) is 0 Å². The van der Waals surface area contributed by atoms with Crippen molar-refractivity contribution < 1.29 is 19.5 Å². The molecule has 1 aromatic rings. The van der Waals surface area contributed by atoms with Gasteiger partial charge in [-0.05, 0) is 24.3 Å². The summed E-state index contributed by atoms with van der Waals surface area (Å²) in [5.41, 5.74) is 0. The van der Waals surface area contributed by atoms with Crippen LogP contribution in [-0.4, -0.2) is 46.9 Å². The first-order valence-electron chi connectivity index (χ1n) is 6.91. The minimum Gasteiger partial charge on any atom is -0.481 e. The lowest BCUT2D eigenvalue weighted by Gasteiger charge is -2.21. The number of carboxylic acid groups (broad SMARTS) is 1. The van der Waals surface area contributed by atoms with Crippen LogP contribution in [0.3, 0.4) is 0 Å². The lowest BCUT2D eigenvalue weighted by atomic mass is 10.3. The highest BCUT2D eigenvalue weighted by atomic mass is 32.1. The fraction of sp³-hybridized carbons (Fsp3) is 0.500. The number of nitrogens with zero attached hydrogens (tertiary/aromatic N) is 1. The molecule has 114 valence electrons. The molecule has 0 aromatic carbocycles. The smallest absolute Gasteiger partial charge is 0.305 e. The van der Waals surface area contributed by atoms with E-state index in [2.05, 4.69) is 5.32 Å². The first-order valence-corrected chi connectivity index (χ1v) is 7.79. The summed E-state index contributed by atoms with van der Waals surface area (Å²) in [5.74, 6) is -1.18. The van der Waals surface area contributed by atoms with Crippen LogP contribution in [0.25, 0.3) is 0 Å². The number of carbonyl (C=O) groups excluding carboxylic acids is 2. The van der Waals surface area contributed by atoms with Gasteiger partial charge in [-0.15, -0.1) is 11.3 Å². The third-order valence-electron chi connectivity index (χ3n) is 3.24. The first kappa shape index (κ1) is 15.5. The Morgan fingerprint density at radius 1 is 1.33 bits per heavy atom. The van der Waals surface area contributed by atoms with Gasteiger partial charge in [-0.1, -0.05) is 6.07 Å². The lowest BCUT2D eigenvalue weighted by Crippen LogP contribution is -2.37. The molecule has 0 unspecified atom stereocenters. The van der Waals surface area contributed by atoms with Gasteiger partial charge in [0.15, 0.2) is 0 Å². The summed E-state index contributed by atoms with van der Waals surface area (Å²) >= 11 is 1.35. The average Bonchev–Trinajstić information content (AvgIpc) is 3.11. The van der Waals surface area contributed by atoms with E-state index in [4.69, 9.17) is 5.11 Å². The molecule has 7 heteroatoms. The van der Waals surface area contributed by atoms with Crippen molar-refractivity contribution in [2.45, 2.75) is 31.7 Å². The summed E-state index contributed by atoms with van der Waals surface area (Å²) in [5, 5.41) is 13.2. The van der Waals surface area contributed by atoms with Gasteiger partial charge in [-0.2, -0.15) is 0 Å². The summed E-state index contributed by atoms with van der Waals surface area (Å²) in [7, 11) is 0. The van der Waals surface area contributed by atoms with Crippen molar-refractivity contribution in [1.29, 1.82) is 0 Å². The van der Waals surface area contributed by atoms with Gasteiger partial charge >= 0.3 is 5.97 Å². The van der Waals surface area contributed by atoms with Crippen LogP contribution in [0, 0.1) is 0 Å². The van der Waals surface area contributed by atoms with Crippen LogP contribution in [0.2, 0.25) is 0 Å². The van der Waals surface area contributed by atoms with Crippen LogP contribution in [0.4, 0.5) is 0 Å². The third-order valence-corrected chi connectivity index (χ3v) is 4.11. The molecule has 6 nitrogen and oxygen atoms in total. The van der Waals surface area contributed by atoms with Crippen LogP contribution in [0.1, 0.15) is 35.4 Å². The Kier molecular flexibility index (Phi) is 5.32. The lowest BCUT2D eigenvalue weighted by molar-refractivity contribution is -0.138. The Morgan fingerprint density at radius 3 is 2.67 bits per heavy atom. The molecule has 2 amide bonds. The Bertz CT molecular complexity index is 511. The Hall–Kier alpha value is -1.89. The van der Waals surface area contributed by atoms with E-state index in [1.807, 2.05) is 5.38 Å². The molecule has 1 fully saturated rings. The van der Waals surface area contributed by atoms with Gasteiger partial charge in [0.1, 0.15) is 0 Å². The SMILES string of the molecule is O=C(O)CCN(C(=O)CCNC(=O)c1cccs1)C1CC1. The number of hydrogen-bond donors (Lipinski definition) is 2. The Labute approximate surface area is 126 Å². The van der Waals surface area contributed by atoms with E-state index in [1.54, 1.807) is 17.0 Å². The van der Waals surface area contributed by atoms with E-state index in [0.717, 1.165) is 12.8 Å². The number of thiophene rings is 1. The van der Waals surface area contributed by atoms with Gasteiger partial charge in [-0.3, -0.25) is 14.4 Å². The molecule has 0 atom stereocenters. The molecule has 1 aliphatic carbocycles. The largest absolute Gasteiger partial charge is 0.481 e. The molecular formula is C14H18N2O4S.